The Hall–Kier alpha value is -3.59. The van der Waals surface area contributed by atoms with Gasteiger partial charge >= 0.3 is 0 Å². The van der Waals surface area contributed by atoms with E-state index >= 15 is 0 Å². The summed E-state index contributed by atoms with van der Waals surface area (Å²) >= 11 is 0. The molecule has 0 saturated carbocycles. The Morgan fingerprint density at radius 1 is 1.23 bits per heavy atom. The molecule has 184 valence electrons. The number of aromatic nitrogens is 4. The molecule has 9 heteroatoms. The second-order valence-corrected chi connectivity index (χ2v) is 9.39. The van der Waals surface area contributed by atoms with Crippen molar-refractivity contribution in [1.82, 2.24) is 29.5 Å². The Balaban J connectivity index is 1.68. The molecule has 1 aliphatic heterocycles. The molecule has 3 heterocycles. The van der Waals surface area contributed by atoms with E-state index in [1.807, 2.05) is 55.1 Å². The van der Waals surface area contributed by atoms with E-state index < -0.39 is 0 Å². The molecular weight excluding hydrogens is 442 g/mol. The second kappa shape index (κ2) is 10.8. The maximum atomic E-state index is 13.1. The van der Waals surface area contributed by atoms with Gasteiger partial charge in [-0.15, -0.1) is 0 Å². The molecule has 1 aromatic carbocycles. The number of carbonyl (C=O) groups excluding carboxylic acids is 2. The van der Waals surface area contributed by atoms with Crippen molar-refractivity contribution in [2.45, 2.75) is 39.2 Å². The zero-order valence-corrected chi connectivity index (χ0v) is 20.9. The van der Waals surface area contributed by atoms with E-state index in [4.69, 9.17) is 4.98 Å². The minimum Gasteiger partial charge on any atom is -0.337 e. The summed E-state index contributed by atoms with van der Waals surface area (Å²) in [6.45, 7) is 5.84. The summed E-state index contributed by atoms with van der Waals surface area (Å²) < 4.78 is 2.11. The summed E-state index contributed by atoms with van der Waals surface area (Å²) in [5.41, 5.74) is 3.97. The zero-order chi connectivity index (χ0) is 24.9. The van der Waals surface area contributed by atoms with Crippen LogP contribution in [0.25, 0.3) is 11.0 Å². The van der Waals surface area contributed by atoms with Gasteiger partial charge in [0.05, 0.1) is 34.5 Å². The fourth-order valence-corrected chi connectivity index (χ4v) is 4.54. The Morgan fingerprint density at radius 3 is 2.83 bits per heavy atom. The number of para-hydroxylation sites is 1. The zero-order valence-electron chi connectivity index (χ0n) is 20.9. The number of amides is 2. The smallest absolute Gasteiger partial charge is 0.259 e. The van der Waals surface area contributed by atoms with E-state index in [1.165, 1.54) is 6.20 Å². The molecular formula is C26H33N7O2. The number of imidazole rings is 1. The average molecular weight is 476 g/mol. The lowest BCUT2D eigenvalue weighted by atomic mass is 10.1. The van der Waals surface area contributed by atoms with Crippen LogP contribution in [0.15, 0.2) is 42.6 Å². The van der Waals surface area contributed by atoms with E-state index in [0.717, 1.165) is 42.4 Å². The first-order valence-electron chi connectivity index (χ1n) is 12.0. The summed E-state index contributed by atoms with van der Waals surface area (Å²) in [4.78, 5) is 34.7. The fourth-order valence-electron chi connectivity index (χ4n) is 4.54. The van der Waals surface area contributed by atoms with Gasteiger partial charge in [0.25, 0.3) is 5.91 Å². The van der Waals surface area contributed by atoms with E-state index in [9.17, 15) is 9.59 Å². The summed E-state index contributed by atoms with van der Waals surface area (Å²) in [6.07, 6.45) is 7.84. The normalized spacial score (nSPS) is 16.7. The number of rotatable bonds is 6. The number of nitrogens with one attached hydrogen (secondary N) is 1. The number of anilines is 1. The van der Waals surface area contributed by atoms with E-state index in [2.05, 4.69) is 20.1 Å². The van der Waals surface area contributed by atoms with Crippen molar-refractivity contribution in [2.24, 2.45) is 0 Å². The highest BCUT2D eigenvalue weighted by Crippen LogP contribution is 2.32. The van der Waals surface area contributed by atoms with Crippen molar-refractivity contribution in [1.29, 1.82) is 0 Å². The molecule has 1 N–H and O–H groups in total. The van der Waals surface area contributed by atoms with Gasteiger partial charge in [-0.3, -0.25) is 14.9 Å². The predicted octanol–water partition coefficient (Wildman–Crippen LogP) is 3.37. The van der Waals surface area contributed by atoms with Crippen molar-refractivity contribution in [3.8, 4) is 0 Å². The first kappa shape index (κ1) is 24.5. The van der Waals surface area contributed by atoms with Crippen LogP contribution in [0, 0.1) is 13.8 Å². The summed E-state index contributed by atoms with van der Waals surface area (Å²) in [7, 11) is 3.95. The maximum absolute atomic E-state index is 13.1. The molecule has 4 rings (SSSR count). The van der Waals surface area contributed by atoms with Gasteiger partial charge in [0.15, 0.2) is 0 Å². The predicted molar refractivity (Wildman–Crippen MR) is 136 cm³/mol. The first-order chi connectivity index (χ1) is 16.8. The number of carbonyl (C=O) groups is 2. The second-order valence-electron chi connectivity index (χ2n) is 9.39. The van der Waals surface area contributed by atoms with Gasteiger partial charge in [-0.2, -0.15) is 10.2 Å². The van der Waals surface area contributed by atoms with Gasteiger partial charge in [-0.1, -0.05) is 18.2 Å². The Kier molecular flexibility index (Phi) is 7.55. The lowest BCUT2D eigenvalue weighted by Gasteiger charge is -2.26. The molecule has 0 spiro atoms. The van der Waals surface area contributed by atoms with Crippen molar-refractivity contribution in [3.05, 3.63) is 59.4 Å². The van der Waals surface area contributed by atoms with Crippen LogP contribution in [0.1, 0.15) is 46.9 Å². The number of benzene rings is 1. The quantitative estimate of drug-likeness (QED) is 0.549. The third-order valence-electron chi connectivity index (χ3n) is 6.23. The fraction of sp³-hybridized carbons (Fsp3) is 0.423. The Labute approximate surface area is 205 Å². The number of fused-ring (bicyclic) bond motifs is 1. The number of hydrogen-bond donors (Lipinski definition) is 1. The number of nitrogens with zero attached hydrogens (tertiary/aromatic N) is 6. The van der Waals surface area contributed by atoms with Gasteiger partial charge in [-0.05, 0) is 64.9 Å². The molecule has 1 atom stereocenters. The van der Waals surface area contributed by atoms with Crippen molar-refractivity contribution in [3.63, 3.8) is 0 Å². The van der Waals surface area contributed by atoms with Crippen LogP contribution in [0.5, 0.6) is 0 Å². The lowest BCUT2D eigenvalue weighted by Crippen LogP contribution is -2.35. The van der Waals surface area contributed by atoms with Gasteiger partial charge in [-0.25, -0.2) is 4.98 Å². The monoisotopic (exact) mass is 475 g/mol. The van der Waals surface area contributed by atoms with E-state index in [0.29, 0.717) is 30.3 Å². The third-order valence-corrected chi connectivity index (χ3v) is 6.23. The third kappa shape index (κ3) is 5.74. The van der Waals surface area contributed by atoms with Crippen LogP contribution >= 0.6 is 0 Å². The molecule has 1 fully saturated rings. The highest BCUT2D eigenvalue weighted by Gasteiger charge is 2.27. The van der Waals surface area contributed by atoms with Crippen LogP contribution < -0.4 is 5.32 Å². The molecule has 0 bridgehead atoms. The summed E-state index contributed by atoms with van der Waals surface area (Å²) in [5, 5.41) is 10.8. The highest BCUT2D eigenvalue weighted by molar-refractivity contribution is 6.04. The molecule has 9 nitrogen and oxygen atoms in total. The number of hydrogen-bond acceptors (Lipinski definition) is 6. The summed E-state index contributed by atoms with van der Waals surface area (Å²) in [5.74, 6) is 0.213. The van der Waals surface area contributed by atoms with Crippen LogP contribution in [0.4, 0.5) is 5.95 Å². The minimum atomic E-state index is -0.287. The molecule has 0 aliphatic carbocycles. The Bertz CT molecular complexity index is 1250. The van der Waals surface area contributed by atoms with Crippen LogP contribution in [0.3, 0.4) is 0 Å². The first-order valence-corrected chi connectivity index (χ1v) is 12.0. The highest BCUT2D eigenvalue weighted by atomic mass is 16.2. The largest absolute Gasteiger partial charge is 0.337 e. The van der Waals surface area contributed by atoms with Gasteiger partial charge < -0.3 is 14.4 Å². The van der Waals surface area contributed by atoms with Crippen molar-refractivity contribution < 1.29 is 9.59 Å². The van der Waals surface area contributed by atoms with Crippen LogP contribution in [-0.4, -0.2) is 75.1 Å². The average Bonchev–Trinajstić information content (AvgIpc) is 3.01. The van der Waals surface area contributed by atoms with Gasteiger partial charge in [0.1, 0.15) is 0 Å². The van der Waals surface area contributed by atoms with Crippen LogP contribution in [-0.2, 0) is 4.79 Å². The SMILES string of the molecule is Cc1cc(C(=O)Nc2nc3cccc(C)c3n2C2CCCCN(C(=O)C=CCN(C)C)C2)cnn1. The van der Waals surface area contributed by atoms with Crippen LogP contribution in [0.2, 0.25) is 0 Å². The van der Waals surface area contributed by atoms with E-state index in [1.54, 1.807) is 19.1 Å². The van der Waals surface area contributed by atoms with Gasteiger partial charge in [0.2, 0.25) is 11.9 Å². The molecule has 2 aromatic heterocycles. The topological polar surface area (TPSA) is 96.2 Å². The molecule has 0 radical (unpaired) electrons. The Morgan fingerprint density at radius 2 is 2.06 bits per heavy atom. The standard InChI is InChI=1S/C26H33N7O2/c1-18-9-7-11-22-24(18)33(26(28-22)29-25(35)20-15-19(2)30-27-16-20)21-10-5-6-14-32(17-21)23(34)12-8-13-31(3)4/h7-9,11-12,15-16,21H,5-6,10,13-14,17H2,1-4H3,(H,28,29,35). The molecule has 1 aliphatic rings. The molecule has 3 aromatic rings. The minimum absolute atomic E-state index is 0.0117. The maximum Gasteiger partial charge on any atom is 0.259 e. The summed E-state index contributed by atoms with van der Waals surface area (Å²) in [6, 6.07) is 7.66. The van der Waals surface area contributed by atoms with Gasteiger partial charge in [0, 0.05) is 25.7 Å². The lowest BCUT2D eigenvalue weighted by molar-refractivity contribution is -0.126. The van der Waals surface area contributed by atoms with Crippen molar-refractivity contribution >= 4 is 28.8 Å². The molecule has 2 amide bonds. The molecule has 1 saturated heterocycles. The molecule has 1 unspecified atom stereocenters. The number of likely N-dealkylation sites (tertiary alicyclic amines) is 1. The van der Waals surface area contributed by atoms with Crippen molar-refractivity contribution in [2.75, 3.05) is 39.0 Å². The number of likely N-dealkylation sites (N-methyl/N-ethyl adjacent to an activating group) is 1. The molecule has 35 heavy (non-hydrogen) atoms. The van der Waals surface area contributed by atoms with E-state index in [-0.39, 0.29) is 17.9 Å². The number of aryl methyl sites for hydroxylation is 2.